The lowest BCUT2D eigenvalue weighted by molar-refractivity contribution is -0.142. The molecule has 7 heteroatoms. The molecule has 0 aromatic heterocycles. The number of hydrogen-bond donors (Lipinski definition) is 3. The third kappa shape index (κ3) is 15.8. The third-order valence-corrected chi connectivity index (χ3v) is 4.59. The summed E-state index contributed by atoms with van der Waals surface area (Å²) in [6.45, 7) is 8.89. The maximum Gasteiger partial charge on any atom is 0.408 e. The lowest BCUT2D eigenvalue weighted by Gasteiger charge is -2.22. The zero-order valence-corrected chi connectivity index (χ0v) is 19.0. The van der Waals surface area contributed by atoms with Gasteiger partial charge in [0.2, 0.25) is 5.91 Å². The van der Waals surface area contributed by atoms with E-state index < -0.39 is 35.7 Å². The van der Waals surface area contributed by atoms with E-state index in [0.29, 0.717) is 6.42 Å². The van der Waals surface area contributed by atoms with Crippen molar-refractivity contribution in [2.45, 2.75) is 123 Å². The number of alkyl carbamates (subject to hydrolysis) is 1. The van der Waals surface area contributed by atoms with E-state index in [2.05, 4.69) is 17.6 Å². The second kappa shape index (κ2) is 15.1. The van der Waals surface area contributed by atoms with Crippen molar-refractivity contribution < 1.29 is 24.2 Å². The van der Waals surface area contributed by atoms with E-state index in [1.165, 1.54) is 51.9 Å². The minimum Gasteiger partial charge on any atom is -0.480 e. The van der Waals surface area contributed by atoms with Crippen LogP contribution in [0.5, 0.6) is 0 Å². The van der Waals surface area contributed by atoms with Gasteiger partial charge in [-0.15, -0.1) is 0 Å². The molecule has 2 amide bonds. The van der Waals surface area contributed by atoms with Crippen LogP contribution in [0.3, 0.4) is 0 Å². The number of aliphatic carboxylic acids is 1. The highest BCUT2D eigenvalue weighted by atomic mass is 16.6. The van der Waals surface area contributed by atoms with Gasteiger partial charge in [-0.05, 0) is 34.1 Å². The fraction of sp³-hybridized carbons (Fsp3) is 0.864. The van der Waals surface area contributed by atoms with E-state index in [1.54, 1.807) is 20.8 Å². The molecule has 0 aliphatic rings. The Hall–Kier alpha value is -1.79. The van der Waals surface area contributed by atoms with Crippen molar-refractivity contribution in [3.63, 3.8) is 0 Å². The van der Waals surface area contributed by atoms with Gasteiger partial charge in [0, 0.05) is 0 Å². The number of ether oxygens (including phenoxy) is 1. The molecule has 0 bridgehead atoms. The predicted octanol–water partition coefficient (Wildman–Crippen LogP) is 4.78. The Morgan fingerprint density at radius 2 is 1.34 bits per heavy atom. The molecule has 0 aromatic carbocycles. The fourth-order valence-electron chi connectivity index (χ4n) is 2.94. The highest BCUT2D eigenvalue weighted by Gasteiger charge is 2.25. The maximum atomic E-state index is 12.2. The summed E-state index contributed by atoms with van der Waals surface area (Å²) in [5.41, 5.74) is -0.667. The smallest absolute Gasteiger partial charge is 0.408 e. The first-order valence-corrected chi connectivity index (χ1v) is 11.1. The first-order chi connectivity index (χ1) is 13.6. The van der Waals surface area contributed by atoms with Crippen molar-refractivity contribution >= 4 is 18.0 Å². The van der Waals surface area contributed by atoms with Gasteiger partial charge in [-0.3, -0.25) is 4.79 Å². The van der Waals surface area contributed by atoms with Crippen LogP contribution in [-0.4, -0.2) is 40.8 Å². The molecular formula is C22H42N2O5. The number of carbonyl (C=O) groups excluding carboxylic acids is 2. The van der Waals surface area contributed by atoms with Crippen molar-refractivity contribution in [3.8, 4) is 0 Å². The average molecular weight is 415 g/mol. The maximum absolute atomic E-state index is 12.2. The van der Waals surface area contributed by atoms with Gasteiger partial charge in [-0.25, -0.2) is 9.59 Å². The Balaban J connectivity index is 4.08. The van der Waals surface area contributed by atoms with Crippen LogP contribution in [-0.2, 0) is 14.3 Å². The molecule has 0 fully saturated rings. The highest BCUT2D eigenvalue weighted by Crippen LogP contribution is 2.12. The number of hydrogen-bond acceptors (Lipinski definition) is 4. The largest absolute Gasteiger partial charge is 0.480 e. The number of rotatable bonds is 15. The zero-order valence-electron chi connectivity index (χ0n) is 19.0. The first-order valence-electron chi connectivity index (χ1n) is 11.1. The van der Waals surface area contributed by atoms with Crippen LogP contribution in [0.4, 0.5) is 4.79 Å². The second-order valence-corrected chi connectivity index (χ2v) is 8.74. The minimum absolute atomic E-state index is 0.386. The molecule has 170 valence electrons. The lowest BCUT2D eigenvalue weighted by atomic mass is 10.0. The number of carboxylic acids is 1. The van der Waals surface area contributed by atoms with Gasteiger partial charge < -0.3 is 20.5 Å². The van der Waals surface area contributed by atoms with E-state index in [9.17, 15) is 19.5 Å². The number of carbonyl (C=O) groups is 3. The molecule has 3 N–H and O–H groups in total. The molecule has 0 aliphatic heterocycles. The SMILES string of the molecule is CCCCCCCCCCCC[C@H](NC(=O)[C@@H](C)NC(=O)OC(C)(C)C)C(=O)O. The Morgan fingerprint density at radius 3 is 1.79 bits per heavy atom. The van der Waals surface area contributed by atoms with Gasteiger partial charge in [-0.2, -0.15) is 0 Å². The number of nitrogens with one attached hydrogen (secondary N) is 2. The molecule has 29 heavy (non-hydrogen) atoms. The van der Waals surface area contributed by atoms with Crippen molar-refractivity contribution in [2.24, 2.45) is 0 Å². The van der Waals surface area contributed by atoms with Crippen molar-refractivity contribution in [3.05, 3.63) is 0 Å². The minimum atomic E-state index is -1.06. The fourth-order valence-corrected chi connectivity index (χ4v) is 2.94. The third-order valence-electron chi connectivity index (χ3n) is 4.59. The topological polar surface area (TPSA) is 105 Å². The molecule has 0 heterocycles. The molecule has 0 saturated heterocycles. The van der Waals surface area contributed by atoms with Crippen LogP contribution in [0.1, 0.15) is 105 Å². The van der Waals surface area contributed by atoms with Gasteiger partial charge in [0.05, 0.1) is 0 Å². The number of unbranched alkanes of at least 4 members (excludes halogenated alkanes) is 9. The standard InChI is InChI=1S/C22H42N2O5/c1-6-7-8-9-10-11-12-13-14-15-16-18(20(26)27)24-19(25)17(2)23-21(28)29-22(3,4)5/h17-18H,6-16H2,1-5H3,(H,23,28)(H,24,25)(H,26,27)/t17-,18+/m1/s1. The summed E-state index contributed by atoms with van der Waals surface area (Å²) in [4.78, 5) is 35.4. The van der Waals surface area contributed by atoms with Crippen molar-refractivity contribution in [1.29, 1.82) is 0 Å². The Bertz CT molecular complexity index is 488. The van der Waals surface area contributed by atoms with Crippen LogP contribution in [0.2, 0.25) is 0 Å². The summed E-state index contributed by atoms with van der Waals surface area (Å²) in [5.74, 6) is -1.59. The van der Waals surface area contributed by atoms with Gasteiger partial charge in [0.15, 0.2) is 0 Å². The van der Waals surface area contributed by atoms with Crippen molar-refractivity contribution in [2.75, 3.05) is 0 Å². The van der Waals surface area contributed by atoms with Gasteiger partial charge in [0.25, 0.3) is 0 Å². The van der Waals surface area contributed by atoms with Crippen molar-refractivity contribution in [1.82, 2.24) is 10.6 Å². The van der Waals surface area contributed by atoms with E-state index in [-0.39, 0.29) is 0 Å². The molecule has 0 rings (SSSR count). The summed E-state index contributed by atoms with van der Waals surface area (Å²) >= 11 is 0. The number of amides is 2. The molecule has 0 spiro atoms. The Labute approximate surface area is 176 Å². The van der Waals surface area contributed by atoms with Gasteiger partial charge >= 0.3 is 12.1 Å². The van der Waals surface area contributed by atoms with Gasteiger partial charge in [0.1, 0.15) is 17.7 Å². The normalized spacial score (nSPS) is 13.4. The van der Waals surface area contributed by atoms with Crippen LogP contribution < -0.4 is 10.6 Å². The molecule has 2 atom stereocenters. The first kappa shape index (κ1) is 27.2. The molecule has 0 unspecified atom stereocenters. The van der Waals surface area contributed by atoms with E-state index >= 15 is 0 Å². The monoisotopic (exact) mass is 414 g/mol. The molecule has 7 nitrogen and oxygen atoms in total. The second-order valence-electron chi connectivity index (χ2n) is 8.74. The summed E-state index contributed by atoms with van der Waals surface area (Å²) in [6, 6.07) is -1.82. The Kier molecular flexibility index (Phi) is 14.2. The van der Waals surface area contributed by atoms with Crippen LogP contribution >= 0.6 is 0 Å². The predicted molar refractivity (Wildman–Crippen MR) is 115 cm³/mol. The van der Waals surface area contributed by atoms with Gasteiger partial charge in [-0.1, -0.05) is 71.1 Å². The molecular weight excluding hydrogens is 372 g/mol. The van der Waals surface area contributed by atoms with E-state index in [0.717, 1.165) is 19.3 Å². The highest BCUT2D eigenvalue weighted by molar-refractivity contribution is 5.88. The molecule has 0 radical (unpaired) electrons. The van der Waals surface area contributed by atoms with E-state index in [4.69, 9.17) is 4.74 Å². The zero-order chi connectivity index (χ0) is 22.3. The van der Waals surface area contributed by atoms with Crippen LogP contribution in [0.25, 0.3) is 0 Å². The number of carboxylic acid groups (broad SMARTS) is 1. The lowest BCUT2D eigenvalue weighted by Crippen LogP contribution is -2.51. The van der Waals surface area contributed by atoms with E-state index in [1.807, 2.05) is 0 Å². The molecule has 0 saturated carbocycles. The average Bonchev–Trinajstić information content (AvgIpc) is 2.60. The quantitative estimate of drug-likeness (QED) is 0.334. The summed E-state index contributed by atoms with van der Waals surface area (Å²) in [7, 11) is 0. The van der Waals surface area contributed by atoms with Crippen LogP contribution in [0.15, 0.2) is 0 Å². The summed E-state index contributed by atoms with van der Waals surface area (Å²) in [5, 5.41) is 14.3. The molecule has 0 aliphatic carbocycles. The molecule has 0 aromatic rings. The van der Waals surface area contributed by atoms with Crippen LogP contribution in [0, 0.1) is 0 Å². The summed E-state index contributed by atoms with van der Waals surface area (Å²) in [6.07, 6.45) is 11.4. The Morgan fingerprint density at radius 1 is 0.862 bits per heavy atom. The summed E-state index contributed by atoms with van der Waals surface area (Å²) < 4.78 is 5.10.